The molecule has 0 atom stereocenters. The fourth-order valence-corrected chi connectivity index (χ4v) is 4.21. The minimum atomic E-state index is 0.199. The molecule has 2 aliphatic heterocycles. The van der Waals surface area contributed by atoms with Crippen molar-refractivity contribution in [3.63, 3.8) is 0 Å². The second-order valence-corrected chi connectivity index (χ2v) is 7.73. The average molecular weight is 358 g/mol. The summed E-state index contributed by atoms with van der Waals surface area (Å²) in [5, 5.41) is 0.572. The molecule has 1 fully saturated rings. The molecule has 6 nitrogen and oxygen atoms in total. The second-order valence-electron chi connectivity index (χ2n) is 6.50. The molecule has 0 saturated carbocycles. The van der Waals surface area contributed by atoms with E-state index in [0.29, 0.717) is 24.8 Å². The number of likely N-dealkylation sites (tertiary alicyclic amines) is 1. The molecule has 2 N–H and O–H groups in total. The number of nitrogens with two attached hydrogens (primary N) is 1. The first-order valence-corrected chi connectivity index (χ1v) is 9.46. The van der Waals surface area contributed by atoms with Gasteiger partial charge in [0.05, 0.1) is 24.5 Å². The fraction of sp³-hybridized carbons (Fsp3) is 0.444. The molecule has 1 amide bonds. The van der Waals surface area contributed by atoms with Crippen LogP contribution in [0.15, 0.2) is 18.2 Å². The van der Waals surface area contributed by atoms with Crippen molar-refractivity contribution in [3.05, 3.63) is 23.1 Å². The first-order chi connectivity index (χ1) is 12.1. The molecule has 1 saturated heterocycles. The van der Waals surface area contributed by atoms with Crippen LogP contribution >= 0.6 is 11.3 Å². The van der Waals surface area contributed by atoms with Crippen molar-refractivity contribution in [1.29, 1.82) is 0 Å². The molecule has 4 rings (SSSR count). The summed E-state index contributed by atoms with van der Waals surface area (Å²) >= 11 is 1.49. The molecule has 0 aliphatic carbocycles. The number of nitrogen functional groups attached to an aromatic ring is 1. The molecule has 3 heterocycles. The summed E-state index contributed by atoms with van der Waals surface area (Å²) in [6.45, 7) is 5.50. The van der Waals surface area contributed by atoms with E-state index in [0.717, 1.165) is 53.5 Å². The van der Waals surface area contributed by atoms with Gasteiger partial charge in [0.1, 0.15) is 12.4 Å². The lowest BCUT2D eigenvalue weighted by Gasteiger charge is -2.32. The Morgan fingerprint density at radius 2 is 2.12 bits per heavy atom. The largest absolute Gasteiger partial charge is 0.490 e. The summed E-state index contributed by atoms with van der Waals surface area (Å²) in [6.07, 6.45) is 2.22. The predicted octanol–water partition coefficient (Wildman–Crippen LogP) is 2.52. The van der Waals surface area contributed by atoms with E-state index in [1.54, 1.807) is 0 Å². The van der Waals surface area contributed by atoms with Gasteiger partial charge in [-0.15, -0.1) is 11.3 Å². The van der Waals surface area contributed by atoms with Crippen LogP contribution in [0.25, 0.3) is 11.3 Å². The Labute approximate surface area is 151 Å². The van der Waals surface area contributed by atoms with Crippen molar-refractivity contribution in [3.8, 4) is 17.0 Å². The van der Waals surface area contributed by atoms with Crippen LogP contribution in [0.5, 0.6) is 5.75 Å². The molecular formula is C18H22N4O2S. The topological polar surface area (TPSA) is 71.7 Å². The van der Waals surface area contributed by atoms with Crippen LogP contribution in [0.3, 0.4) is 0 Å². The number of nitrogens with zero attached hydrogens (tertiary/aromatic N) is 3. The van der Waals surface area contributed by atoms with Crippen LogP contribution in [-0.4, -0.2) is 48.6 Å². The summed E-state index contributed by atoms with van der Waals surface area (Å²) in [4.78, 5) is 22.2. The van der Waals surface area contributed by atoms with Gasteiger partial charge in [-0.05, 0) is 38.0 Å². The number of hydrogen-bond acceptors (Lipinski definition) is 6. The van der Waals surface area contributed by atoms with Crippen LogP contribution in [0.2, 0.25) is 0 Å². The molecule has 0 radical (unpaired) electrons. The van der Waals surface area contributed by atoms with Gasteiger partial charge in [-0.1, -0.05) is 0 Å². The van der Waals surface area contributed by atoms with E-state index in [-0.39, 0.29) is 5.91 Å². The monoisotopic (exact) mass is 358 g/mol. The average Bonchev–Trinajstić information content (AvgIpc) is 3.24. The van der Waals surface area contributed by atoms with Crippen LogP contribution < -0.4 is 15.4 Å². The van der Waals surface area contributed by atoms with E-state index in [1.807, 2.05) is 24.0 Å². The van der Waals surface area contributed by atoms with Crippen molar-refractivity contribution in [2.24, 2.45) is 0 Å². The second kappa shape index (κ2) is 6.55. The summed E-state index contributed by atoms with van der Waals surface area (Å²) < 4.78 is 5.78. The number of aryl methyl sites for hydroxylation is 1. The lowest BCUT2D eigenvalue weighted by molar-refractivity contribution is -0.128. The third-order valence-corrected chi connectivity index (χ3v) is 5.59. The number of hydrogen-bond donors (Lipinski definition) is 1. The van der Waals surface area contributed by atoms with E-state index in [4.69, 9.17) is 10.5 Å². The first kappa shape index (κ1) is 16.2. The number of thiazole rings is 1. The lowest BCUT2D eigenvalue weighted by Crippen LogP contribution is -2.42. The number of ether oxygens (including phenoxy) is 1. The van der Waals surface area contributed by atoms with Gasteiger partial charge in [-0.2, -0.15) is 0 Å². The van der Waals surface area contributed by atoms with Gasteiger partial charge in [0, 0.05) is 23.5 Å². The van der Waals surface area contributed by atoms with Gasteiger partial charge >= 0.3 is 0 Å². The van der Waals surface area contributed by atoms with Gasteiger partial charge in [0.25, 0.3) is 0 Å². The van der Waals surface area contributed by atoms with Crippen molar-refractivity contribution >= 4 is 28.1 Å². The maximum absolute atomic E-state index is 12.6. The highest BCUT2D eigenvalue weighted by Gasteiger charge is 2.25. The highest BCUT2D eigenvalue weighted by molar-refractivity contribution is 7.15. The first-order valence-electron chi connectivity index (χ1n) is 8.64. The van der Waals surface area contributed by atoms with Gasteiger partial charge in [0.15, 0.2) is 5.13 Å². The molecule has 25 heavy (non-hydrogen) atoms. The van der Waals surface area contributed by atoms with Crippen molar-refractivity contribution in [2.45, 2.75) is 19.8 Å². The van der Waals surface area contributed by atoms with Gasteiger partial charge < -0.3 is 20.3 Å². The zero-order valence-corrected chi connectivity index (χ0v) is 15.1. The molecular weight excluding hydrogens is 336 g/mol. The Morgan fingerprint density at radius 1 is 1.32 bits per heavy atom. The van der Waals surface area contributed by atoms with Crippen LogP contribution in [0.1, 0.15) is 17.7 Å². The number of amides is 1. The molecule has 132 valence electrons. The van der Waals surface area contributed by atoms with E-state index in [9.17, 15) is 4.79 Å². The summed E-state index contributed by atoms with van der Waals surface area (Å²) in [7, 11) is 0. The third kappa shape index (κ3) is 3.16. The van der Waals surface area contributed by atoms with Gasteiger partial charge in [0.2, 0.25) is 5.91 Å². The normalized spacial score (nSPS) is 16.7. The van der Waals surface area contributed by atoms with Crippen LogP contribution in [0.4, 0.5) is 10.8 Å². The fourth-order valence-electron chi connectivity index (χ4n) is 3.50. The van der Waals surface area contributed by atoms with E-state index < -0.39 is 0 Å². The number of rotatable bonds is 3. The molecule has 0 spiro atoms. The van der Waals surface area contributed by atoms with Gasteiger partial charge in [-0.25, -0.2) is 4.98 Å². The van der Waals surface area contributed by atoms with Crippen molar-refractivity contribution in [1.82, 2.24) is 9.88 Å². The maximum Gasteiger partial charge on any atom is 0.242 e. The minimum Gasteiger partial charge on any atom is -0.490 e. The Balaban J connectivity index is 1.62. The zero-order valence-electron chi connectivity index (χ0n) is 14.3. The maximum atomic E-state index is 12.6. The Morgan fingerprint density at radius 3 is 2.84 bits per heavy atom. The number of carbonyl (C=O) groups is 1. The van der Waals surface area contributed by atoms with Gasteiger partial charge in [-0.3, -0.25) is 4.79 Å². The molecule has 2 aliphatic rings. The Hall–Kier alpha value is -2.28. The number of benzene rings is 1. The summed E-state index contributed by atoms with van der Waals surface area (Å²) in [5.74, 6) is 1.02. The molecule has 0 bridgehead atoms. The highest BCUT2D eigenvalue weighted by Crippen LogP contribution is 2.37. The zero-order chi connectivity index (χ0) is 17.4. The molecule has 7 heteroatoms. The standard InChI is InChI=1S/C18H22N4O2S/c1-12-17(20-18(19)25-12)13-4-5-15-14(10-13)22(8-9-24-15)11-16(23)21-6-2-3-7-21/h4-5,10H,2-3,6-9,11H2,1H3,(H2,19,20). The summed E-state index contributed by atoms with van der Waals surface area (Å²) in [5.41, 5.74) is 8.71. The smallest absolute Gasteiger partial charge is 0.242 e. The summed E-state index contributed by atoms with van der Waals surface area (Å²) in [6, 6.07) is 6.03. The number of anilines is 2. The van der Waals surface area contributed by atoms with Crippen molar-refractivity contribution in [2.75, 3.05) is 43.4 Å². The minimum absolute atomic E-state index is 0.199. The number of fused-ring (bicyclic) bond motifs is 1. The molecule has 1 aromatic carbocycles. The van der Waals surface area contributed by atoms with Crippen LogP contribution in [-0.2, 0) is 4.79 Å². The Kier molecular flexibility index (Phi) is 4.25. The quantitative estimate of drug-likeness (QED) is 0.913. The third-order valence-electron chi connectivity index (χ3n) is 4.79. The SMILES string of the molecule is Cc1sc(N)nc1-c1ccc2c(c1)N(CC(=O)N1CCCC1)CCO2. The Bertz CT molecular complexity index is 798. The molecule has 0 unspecified atom stereocenters. The highest BCUT2D eigenvalue weighted by atomic mass is 32.1. The molecule has 2 aromatic rings. The number of carbonyl (C=O) groups excluding carboxylic acids is 1. The van der Waals surface area contributed by atoms with E-state index in [2.05, 4.69) is 16.0 Å². The molecule has 1 aromatic heterocycles. The van der Waals surface area contributed by atoms with Crippen molar-refractivity contribution < 1.29 is 9.53 Å². The number of aromatic nitrogens is 1. The van der Waals surface area contributed by atoms with E-state index in [1.165, 1.54) is 11.3 Å². The van der Waals surface area contributed by atoms with Crippen LogP contribution in [0, 0.1) is 6.92 Å². The lowest BCUT2D eigenvalue weighted by atomic mass is 10.1. The predicted molar refractivity (Wildman–Crippen MR) is 100 cm³/mol. The van der Waals surface area contributed by atoms with E-state index >= 15 is 0 Å².